The van der Waals surface area contributed by atoms with Gasteiger partial charge in [0.05, 0.1) is 16.7 Å². The van der Waals surface area contributed by atoms with Gasteiger partial charge in [0, 0.05) is 38.2 Å². The third-order valence-electron chi connectivity index (χ3n) is 10.4. The first-order valence-corrected chi connectivity index (χ1v) is 17.7. The number of aromatic nitrogens is 4. The van der Waals surface area contributed by atoms with Crippen molar-refractivity contribution in [1.29, 1.82) is 0 Å². The van der Waals surface area contributed by atoms with Crippen LogP contribution in [0.2, 0.25) is 0 Å². The van der Waals surface area contributed by atoms with Gasteiger partial charge in [0.1, 0.15) is 44.8 Å². The largest absolute Gasteiger partial charge is 0.454 e. The molecule has 0 saturated carbocycles. The summed E-state index contributed by atoms with van der Waals surface area (Å²) in [7, 11) is 31.1. The van der Waals surface area contributed by atoms with Crippen LogP contribution in [0.1, 0.15) is 0 Å². The molecule has 0 aliphatic heterocycles. The molecular weight excluding hydrogens is 667 g/mol. The summed E-state index contributed by atoms with van der Waals surface area (Å²) in [6.07, 6.45) is 0. The molecule has 10 heteroatoms. The van der Waals surface area contributed by atoms with E-state index in [1.54, 1.807) is 0 Å². The molecule has 0 spiro atoms. The van der Waals surface area contributed by atoms with Crippen molar-refractivity contribution >= 4 is 110 Å². The van der Waals surface area contributed by atoms with Gasteiger partial charge in [-0.2, -0.15) is 0 Å². The van der Waals surface area contributed by atoms with Crippen molar-refractivity contribution in [1.82, 2.24) is 19.5 Å². The van der Waals surface area contributed by atoms with E-state index in [-0.39, 0.29) is 27.3 Å². The molecule has 55 heavy (non-hydrogen) atoms. The van der Waals surface area contributed by atoms with Crippen LogP contribution >= 0.6 is 0 Å². The lowest BCUT2D eigenvalue weighted by Crippen LogP contribution is -2.55. The van der Waals surface area contributed by atoms with E-state index in [4.69, 9.17) is 58.6 Å². The Morgan fingerprint density at radius 2 is 0.891 bits per heavy atom. The van der Waals surface area contributed by atoms with Crippen LogP contribution in [-0.4, -0.2) is 58.8 Å². The lowest BCUT2D eigenvalue weighted by Gasteiger charge is -2.21. The monoisotopic (exact) mass is 690 g/mol. The molecule has 0 amide bonds. The highest BCUT2D eigenvalue weighted by molar-refractivity contribution is 6.68. The second kappa shape index (κ2) is 12.8. The number of nitrogens with zero attached hydrogens (tertiary/aromatic N) is 4. The van der Waals surface area contributed by atoms with E-state index in [1.165, 1.54) is 10.8 Å². The van der Waals surface area contributed by atoms with Gasteiger partial charge in [0.25, 0.3) is 0 Å². The summed E-state index contributed by atoms with van der Waals surface area (Å²) in [5, 5.41) is 4.33. The lowest BCUT2D eigenvalue weighted by molar-refractivity contribution is 0.666. The van der Waals surface area contributed by atoms with Crippen molar-refractivity contribution in [2.45, 2.75) is 0 Å². The topological polar surface area (TPSA) is 56.7 Å². The SMILES string of the molecule is [B]c1c([B])c([B])c(-c2ccc(-c3nc(-c4ccccc4)nc(-c4ccc5oc6c(-n7c8ccccc8c8ccccc87)cccc6c5c4)n3)cc2)c([B])c1[B]. The summed E-state index contributed by atoms with van der Waals surface area (Å²) < 4.78 is 8.94. The summed E-state index contributed by atoms with van der Waals surface area (Å²) in [6, 6.07) is 46.7. The minimum Gasteiger partial charge on any atom is -0.454 e. The Labute approximate surface area is 323 Å². The third-order valence-corrected chi connectivity index (χ3v) is 10.4. The van der Waals surface area contributed by atoms with Crippen molar-refractivity contribution in [2.75, 3.05) is 0 Å². The highest BCUT2D eigenvalue weighted by Crippen LogP contribution is 2.39. The summed E-state index contributed by atoms with van der Waals surface area (Å²) in [5.41, 5.74) is 9.60. The van der Waals surface area contributed by atoms with Gasteiger partial charge in [-0.25, -0.2) is 15.0 Å². The van der Waals surface area contributed by atoms with Crippen molar-refractivity contribution in [3.8, 4) is 51.0 Å². The lowest BCUT2D eigenvalue weighted by atomic mass is 9.59. The number of furan rings is 1. The normalized spacial score (nSPS) is 11.6. The van der Waals surface area contributed by atoms with Gasteiger partial charge in [-0.15, -0.1) is 16.4 Å². The van der Waals surface area contributed by atoms with E-state index < -0.39 is 0 Å². The standard InChI is InChI=1S/C45H23B5N4O/c46-37-36(38(47)40(49)41(50)39(37)48)24-17-19-26(20-18-24)44-51-43(25-9-2-1-3-10-25)52-45(53-44)27-21-22-35-31(23-27)30-13-8-16-34(42(30)55-35)54-32-14-6-4-11-28(32)29-12-5-7-15-33(29)54/h1-23H. The first-order valence-electron chi connectivity index (χ1n) is 17.7. The zero-order chi connectivity index (χ0) is 37.4. The first kappa shape index (κ1) is 33.1. The van der Waals surface area contributed by atoms with Crippen LogP contribution < -0.4 is 27.3 Å². The maximum Gasteiger partial charge on any atom is 0.164 e. The third kappa shape index (κ3) is 5.27. The molecule has 10 rings (SSSR count). The van der Waals surface area contributed by atoms with Crippen LogP contribution in [0.4, 0.5) is 0 Å². The summed E-state index contributed by atoms with van der Waals surface area (Å²) in [6.45, 7) is 0. The summed E-state index contributed by atoms with van der Waals surface area (Å²) in [4.78, 5) is 14.9. The van der Waals surface area contributed by atoms with Gasteiger partial charge in [-0.3, -0.25) is 0 Å². The zero-order valence-electron chi connectivity index (χ0n) is 29.4. The van der Waals surface area contributed by atoms with Crippen molar-refractivity contribution < 1.29 is 4.42 Å². The average Bonchev–Trinajstić information content (AvgIpc) is 3.78. The second-order valence-corrected chi connectivity index (χ2v) is 13.5. The Kier molecular flexibility index (Phi) is 7.70. The fourth-order valence-electron chi connectivity index (χ4n) is 7.58. The van der Waals surface area contributed by atoms with Gasteiger partial charge in [-0.1, -0.05) is 114 Å². The van der Waals surface area contributed by atoms with Crippen molar-refractivity contribution in [3.63, 3.8) is 0 Å². The van der Waals surface area contributed by atoms with Crippen LogP contribution in [0.3, 0.4) is 0 Å². The van der Waals surface area contributed by atoms with E-state index >= 15 is 0 Å². The van der Waals surface area contributed by atoms with Gasteiger partial charge < -0.3 is 8.98 Å². The number of para-hydroxylation sites is 3. The smallest absolute Gasteiger partial charge is 0.164 e. The molecule has 0 atom stereocenters. The van der Waals surface area contributed by atoms with E-state index in [9.17, 15) is 0 Å². The van der Waals surface area contributed by atoms with Crippen LogP contribution in [0.5, 0.6) is 0 Å². The Bertz CT molecular complexity index is 3070. The van der Waals surface area contributed by atoms with Crippen molar-refractivity contribution in [2.24, 2.45) is 0 Å². The number of benzene rings is 7. The molecule has 0 bridgehead atoms. The van der Waals surface area contributed by atoms with E-state index in [0.717, 1.165) is 60.9 Å². The second-order valence-electron chi connectivity index (χ2n) is 13.5. The van der Waals surface area contributed by atoms with Crippen LogP contribution in [0.15, 0.2) is 144 Å². The Balaban J connectivity index is 1.11. The minimum absolute atomic E-state index is 0.173. The average molecular weight is 690 g/mol. The number of fused-ring (bicyclic) bond motifs is 6. The fourth-order valence-corrected chi connectivity index (χ4v) is 7.58. The van der Waals surface area contributed by atoms with Gasteiger partial charge in [0.2, 0.25) is 0 Å². The Morgan fingerprint density at radius 3 is 1.53 bits per heavy atom. The van der Waals surface area contributed by atoms with Crippen molar-refractivity contribution in [3.05, 3.63) is 140 Å². The van der Waals surface area contributed by atoms with E-state index in [2.05, 4.69) is 77.4 Å². The highest BCUT2D eigenvalue weighted by Gasteiger charge is 2.19. The Hall–Kier alpha value is -6.53. The highest BCUT2D eigenvalue weighted by atomic mass is 16.3. The maximum absolute atomic E-state index is 6.65. The molecule has 5 nitrogen and oxygen atoms in total. The molecule has 0 fully saturated rings. The number of hydrogen-bond acceptors (Lipinski definition) is 4. The molecular formula is C45H23B5N4O. The summed E-state index contributed by atoms with van der Waals surface area (Å²) >= 11 is 0. The molecule has 10 radical (unpaired) electrons. The summed E-state index contributed by atoms with van der Waals surface area (Å²) in [5.74, 6) is 1.57. The molecule has 3 heterocycles. The molecule has 0 aliphatic rings. The fraction of sp³-hybridized carbons (Fsp3) is 0. The van der Waals surface area contributed by atoms with Crippen LogP contribution in [0, 0.1) is 0 Å². The van der Waals surface area contributed by atoms with Gasteiger partial charge in [0.15, 0.2) is 23.1 Å². The van der Waals surface area contributed by atoms with Gasteiger partial charge >= 0.3 is 0 Å². The molecule has 7 aromatic carbocycles. The molecule has 0 saturated heterocycles. The quantitative estimate of drug-likeness (QED) is 0.224. The van der Waals surface area contributed by atoms with Crippen LogP contribution in [-0.2, 0) is 0 Å². The number of hydrogen-bond donors (Lipinski definition) is 0. The maximum atomic E-state index is 6.65. The van der Waals surface area contributed by atoms with E-state index in [1.807, 2.05) is 66.7 Å². The molecule has 10 aromatic rings. The van der Waals surface area contributed by atoms with E-state index in [0.29, 0.717) is 23.0 Å². The predicted molar refractivity (Wildman–Crippen MR) is 230 cm³/mol. The number of rotatable bonds is 5. The molecule has 244 valence electrons. The predicted octanol–water partition coefficient (Wildman–Crippen LogP) is 5.51. The van der Waals surface area contributed by atoms with Crippen LogP contribution in [0.25, 0.3) is 94.7 Å². The van der Waals surface area contributed by atoms with Gasteiger partial charge in [-0.05, 0) is 47.5 Å². The minimum atomic E-state index is 0.173. The zero-order valence-corrected chi connectivity index (χ0v) is 29.4. The molecule has 0 N–H and O–H groups in total. The molecule has 0 aliphatic carbocycles. The molecule has 0 unspecified atom stereocenters. The molecule has 3 aromatic heterocycles. The Morgan fingerprint density at radius 1 is 0.400 bits per heavy atom. The first-order chi connectivity index (χ1) is 26.9.